The van der Waals surface area contributed by atoms with Crippen molar-refractivity contribution in [2.24, 2.45) is 0 Å². The summed E-state index contributed by atoms with van der Waals surface area (Å²) in [5.41, 5.74) is 2.80. The van der Waals surface area contributed by atoms with E-state index in [9.17, 15) is 5.11 Å². The zero-order chi connectivity index (χ0) is 21.4. The first-order chi connectivity index (χ1) is 15.1. The predicted octanol–water partition coefficient (Wildman–Crippen LogP) is 2.47. The Balaban J connectivity index is 1.45. The third-order valence-corrected chi connectivity index (χ3v) is 5.77. The Morgan fingerprint density at radius 2 is 2.10 bits per heavy atom. The van der Waals surface area contributed by atoms with E-state index in [0.29, 0.717) is 17.8 Å². The van der Waals surface area contributed by atoms with Crippen LogP contribution < -0.4 is 15.5 Å². The maximum atomic E-state index is 9.76. The molecule has 1 saturated heterocycles. The van der Waals surface area contributed by atoms with Crippen molar-refractivity contribution in [3.8, 4) is 0 Å². The third-order valence-electron chi connectivity index (χ3n) is 5.77. The van der Waals surface area contributed by atoms with E-state index in [2.05, 4.69) is 43.5 Å². The molecule has 0 spiro atoms. The maximum absolute atomic E-state index is 9.76. The number of aliphatic hydroxyl groups is 1. The molecule has 0 amide bonds. The lowest BCUT2D eigenvalue weighted by Crippen LogP contribution is -2.49. The number of pyridine rings is 2. The SMILES string of the molecule is C[C@H](CO)n1c2cnccc2c2cnc(Nc3ccc(N4CCN[C@@H](C)C4)cn3)nc21. The fourth-order valence-electron chi connectivity index (χ4n) is 4.18. The average Bonchev–Trinajstić information content (AvgIpc) is 3.13. The summed E-state index contributed by atoms with van der Waals surface area (Å²) in [6.45, 7) is 7.07. The molecular formula is C22H26N8O. The summed E-state index contributed by atoms with van der Waals surface area (Å²) in [6, 6.07) is 6.31. The van der Waals surface area contributed by atoms with Gasteiger partial charge in [-0.15, -0.1) is 0 Å². The molecule has 5 rings (SSSR count). The molecule has 4 aromatic rings. The minimum Gasteiger partial charge on any atom is -0.394 e. The first kappa shape index (κ1) is 19.7. The molecule has 0 unspecified atom stereocenters. The van der Waals surface area contributed by atoms with Gasteiger partial charge in [0, 0.05) is 48.8 Å². The highest BCUT2D eigenvalue weighted by Gasteiger charge is 2.18. The minimum absolute atomic E-state index is 0.00813. The Morgan fingerprint density at radius 3 is 2.87 bits per heavy atom. The number of fused-ring (bicyclic) bond motifs is 3. The van der Waals surface area contributed by atoms with Crippen molar-refractivity contribution in [1.82, 2.24) is 29.8 Å². The Kier molecular flexibility index (Phi) is 5.13. The lowest BCUT2D eigenvalue weighted by molar-refractivity contribution is 0.243. The molecule has 160 valence electrons. The molecule has 9 heteroatoms. The molecule has 0 aromatic carbocycles. The molecule has 0 aliphatic carbocycles. The highest BCUT2D eigenvalue weighted by atomic mass is 16.3. The van der Waals surface area contributed by atoms with E-state index in [1.54, 1.807) is 12.4 Å². The van der Waals surface area contributed by atoms with Gasteiger partial charge in [0.05, 0.1) is 36.2 Å². The topological polar surface area (TPSA) is 104 Å². The molecule has 1 aliphatic rings. The van der Waals surface area contributed by atoms with E-state index in [1.807, 2.05) is 36.0 Å². The zero-order valence-electron chi connectivity index (χ0n) is 17.7. The van der Waals surface area contributed by atoms with Crippen molar-refractivity contribution in [1.29, 1.82) is 0 Å². The van der Waals surface area contributed by atoms with Crippen molar-refractivity contribution in [3.63, 3.8) is 0 Å². The molecule has 4 aromatic heterocycles. The van der Waals surface area contributed by atoms with Crippen LogP contribution in [-0.4, -0.2) is 61.9 Å². The van der Waals surface area contributed by atoms with Gasteiger partial charge < -0.3 is 25.2 Å². The van der Waals surface area contributed by atoms with Crippen molar-refractivity contribution in [3.05, 3.63) is 43.0 Å². The van der Waals surface area contributed by atoms with Gasteiger partial charge in [-0.05, 0) is 32.0 Å². The summed E-state index contributed by atoms with van der Waals surface area (Å²) in [5, 5.41) is 18.4. The number of nitrogens with one attached hydrogen (secondary N) is 2. The van der Waals surface area contributed by atoms with Crippen LogP contribution in [0.2, 0.25) is 0 Å². The number of rotatable bonds is 5. The number of hydrogen-bond donors (Lipinski definition) is 3. The van der Waals surface area contributed by atoms with Crippen LogP contribution in [0.3, 0.4) is 0 Å². The van der Waals surface area contributed by atoms with Crippen LogP contribution >= 0.6 is 0 Å². The van der Waals surface area contributed by atoms with Gasteiger partial charge in [-0.25, -0.2) is 9.97 Å². The van der Waals surface area contributed by atoms with Gasteiger partial charge in [-0.2, -0.15) is 4.98 Å². The average molecular weight is 419 g/mol. The van der Waals surface area contributed by atoms with Gasteiger partial charge in [-0.1, -0.05) is 0 Å². The second-order valence-corrected chi connectivity index (χ2v) is 8.05. The number of piperazine rings is 1. The van der Waals surface area contributed by atoms with Crippen LogP contribution in [0.5, 0.6) is 0 Å². The zero-order valence-corrected chi connectivity index (χ0v) is 17.7. The molecule has 0 radical (unpaired) electrons. The molecule has 1 fully saturated rings. The molecule has 0 saturated carbocycles. The van der Waals surface area contributed by atoms with E-state index in [-0.39, 0.29) is 12.6 Å². The highest BCUT2D eigenvalue weighted by molar-refractivity contribution is 6.06. The minimum atomic E-state index is -0.134. The fourth-order valence-corrected chi connectivity index (χ4v) is 4.18. The van der Waals surface area contributed by atoms with Gasteiger partial charge in [0.25, 0.3) is 0 Å². The van der Waals surface area contributed by atoms with Crippen molar-refractivity contribution in [2.75, 3.05) is 36.5 Å². The van der Waals surface area contributed by atoms with Crippen LogP contribution in [0.4, 0.5) is 17.5 Å². The summed E-state index contributed by atoms with van der Waals surface area (Å²) >= 11 is 0. The molecule has 2 atom stereocenters. The van der Waals surface area contributed by atoms with Crippen molar-refractivity contribution in [2.45, 2.75) is 25.9 Å². The van der Waals surface area contributed by atoms with Gasteiger partial charge in [-0.3, -0.25) is 4.98 Å². The summed E-state index contributed by atoms with van der Waals surface area (Å²) < 4.78 is 2.01. The summed E-state index contributed by atoms with van der Waals surface area (Å²) in [5.74, 6) is 1.15. The second kappa shape index (κ2) is 8.09. The molecule has 1 aliphatic heterocycles. The first-order valence-electron chi connectivity index (χ1n) is 10.6. The Morgan fingerprint density at radius 1 is 1.19 bits per heavy atom. The van der Waals surface area contributed by atoms with Crippen LogP contribution in [-0.2, 0) is 0 Å². The van der Waals surface area contributed by atoms with Gasteiger partial charge in [0.15, 0.2) is 0 Å². The quantitative estimate of drug-likeness (QED) is 0.454. The third kappa shape index (κ3) is 3.66. The lowest BCUT2D eigenvalue weighted by atomic mass is 10.2. The van der Waals surface area contributed by atoms with Crippen molar-refractivity contribution >= 4 is 39.4 Å². The molecule has 0 bridgehead atoms. The molecule has 31 heavy (non-hydrogen) atoms. The monoisotopic (exact) mass is 418 g/mol. The maximum Gasteiger partial charge on any atom is 0.230 e. The van der Waals surface area contributed by atoms with Crippen LogP contribution in [0, 0.1) is 0 Å². The van der Waals surface area contributed by atoms with E-state index < -0.39 is 0 Å². The Hall–Kier alpha value is -3.30. The van der Waals surface area contributed by atoms with Gasteiger partial charge in [0.2, 0.25) is 5.95 Å². The summed E-state index contributed by atoms with van der Waals surface area (Å²) in [6.07, 6.45) is 7.25. The molecule has 9 nitrogen and oxygen atoms in total. The smallest absolute Gasteiger partial charge is 0.230 e. The fraction of sp³-hybridized carbons (Fsp3) is 0.364. The number of anilines is 3. The number of aliphatic hydroxyl groups excluding tert-OH is 1. The van der Waals surface area contributed by atoms with E-state index in [1.165, 1.54) is 0 Å². The highest BCUT2D eigenvalue weighted by Crippen LogP contribution is 2.30. The number of aromatic nitrogens is 5. The van der Waals surface area contributed by atoms with Crippen LogP contribution in [0.25, 0.3) is 21.9 Å². The Bertz CT molecular complexity index is 1210. The molecule has 3 N–H and O–H groups in total. The molecular weight excluding hydrogens is 392 g/mol. The molecule has 5 heterocycles. The van der Waals surface area contributed by atoms with E-state index in [0.717, 1.165) is 47.3 Å². The first-order valence-corrected chi connectivity index (χ1v) is 10.6. The normalized spacial score (nSPS) is 17.9. The second-order valence-electron chi connectivity index (χ2n) is 8.05. The van der Waals surface area contributed by atoms with Crippen LogP contribution in [0.15, 0.2) is 43.0 Å². The van der Waals surface area contributed by atoms with Gasteiger partial charge >= 0.3 is 0 Å². The van der Waals surface area contributed by atoms with Crippen molar-refractivity contribution < 1.29 is 5.11 Å². The number of nitrogens with zero attached hydrogens (tertiary/aromatic N) is 6. The van der Waals surface area contributed by atoms with Crippen LogP contribution in [0.1, 0.15) is 19.9 Å². The summed E-state index contributed by atoms with van der Waals surface area (Å²) in [7, 11) is 0. The van der Waals surface area contributed by atoms with E-state index in [4.69, 9.17) is 4.98 Å². The van der Waals surface area contributed by atoms with Gasteiger partial charge in [0.1, 0.15) is 11.5 Å². The summed E-state index contributed by atoms with van der Waals surface area (Å²) in [4.78, 5) is 20.4. The Labute approximate surface area is 180 Å². The standard InChI is InChI=1S/C22H26N8O/c1-14-12-29(8-7-24-14)16-3-4-20(25-9-16)27-22-26-10-18-17-5-6-23-11-19(17)30(15(2)13-31)21(18)28-22/h3-6,9-11,14-15,24,31H,7-8,12-13H2,1-2H3,(H,25,26,27,28)/t14-,15+/m0/s1. The lowest BCUT2D eigenvalue weighted by Gasteiger charge is -2.33. The van der Waals surface area contributed by atoms with E-state index >= 15 is 0 Å². The largest absolute Gasteiger partial charge is 0.394 e. The number of hydrogen-bond acceptors (Lipinski definition) is 8. The predicted molar refractivity (Wildman–Crippen MR) is 122 cm³/mol.